The largest absolute Gasteiger partial charge is 0.386 e. The Morgan fingerprint density at radius 2 is 2.50 bits per heavy atom. The molecule has 0 radical (unpaired) electrons. The third-order valence-corrected chi connectivity index (χ3v) is 4.19. The predicted octanol–water partition coefficient (Wildman–Crippen LogP) is 2.22. The van der Waals surface area contributed by atoms with Crippen LogP contribution < -0.4 is 0 Å². The van der Waals surface area contributed by atoms with Crippen LogP contribution in [0.5, 0.6) is 0 Å². The van der Waals surface area contributed by atoms with Gasteiger partial charge >= 0.3 is 0 Å². The van der Waals surface area contributed by atoms with Gasteiger partial charge in [-0.15, -0.1) is 11.3 Å². The molecular weight excluding hydrogens is 216 g/mol. The van der Waals surface area contributed by atoms with Crippen molar-refractivity contribution < 1.29 is 9.84 Å². The van der Waals surface area contributed by atoms with Gasteiger partial charge in [-0.2, -0.15) is 11.8 Å². The van der Waals surface area contributed by atoms with Crippen LogP contribution in [0.1, 0.15) is 16.5 Å². The van der Waals surface area contributed by atoms with E-state index in [2.05, 4.69) is 6.92 Å². The molecule has 1 saturated heterocycles. The number of thiophene rings is 1. The van der Waals surface area contributed by atoms with E-state index < -0.39 is 6.10 Å². The molecule has 4 heteroatoms. The van der Waals surface area contributed by atoms with Crippen molar-refractivity contribution >= 4 is 23.1 Å². The highest BCUT2D eigenvalue weighted by Crippen LogP contribution is 2.28. The number of ether oxygens (including phenoxy) is 1. The maximum atomic E-state index is 10.0. The molecule has 1 aromatic rings. The molecule has 1 aromatic heterocycles. The van der Waals surface area contributed by atoms with Gasteiger partial charge in [0.1, 0.15) is 6.10 Å². The molecule has 0 amide bonds. The van der Waals surface area contributed by atoms with Crippen LogP contribution in [0.3, 0.4) is 0 Å². The second kappa shape index (κ2) is 4.66. The zero-order valence-electron chi connectivity index (χ0n) is 8.10. The fourth-order valence-corrected chi connectivity index (χ4v) is 3.15. The van der Waals surface area contributed by atoms with Gasteiger partial charge in [-0.3, -0.25) is 0 Å². The fourth-order valence-electron chi connectivity index (χ4n) is 1.52. The molecule has 78 valence electrons. The van der Waals surface area contributed by atoms with Crippen LogP contribution in [-0.4, -0.2) is 29.3 Å². The van der Waals surface area contributed by atoms with Crippen LogP contribution in [0.4, 0.5) is 0 Å². The Bertz CT molecular complexity index is 292. The first-order chi connectivity index (χ1) is 6.77. The van der Waals surface area contributed by atoms with Gasteiger partial charge in [0.05, 0.1) is 12.7 Å². The van der Waals surface area contributed by atoms with Crippen LogP contribution in [0.25, 0.3) is 0 Å². The molecule has 0 saturated carbocycles. The van der Waals surface area contributed by atoms with Gasteiger partial charge in [0, 0.05) is 16.4 Å². The lowest BCUT2D eigenvalue weighted by Crippen LogP contribution is -2.29. The maximum Gasteiger partial charge on any atom is 0.107 e. The Morgan fingerprint density at radius 1 is 1.64 bits per heavy atom. The second-order valence-electron chi connectivity index (χ2n) is 3.42. The number of thioether (sulfide) groups is 1. The van der Waals surface area contributed by atoms with Crippen molar-refractivity contribution in [3.05, 3.63) is 21.9 Å². The Kier molecular flexibility index (Phi) is 3.49. The first-order valence-corrected chi connectivity index (χ1v) is 6.73. The summed E-state index contributed by atoms with van der Waals surface area (Å²) in [4.78, 5) is 1.24. The number of hydrogen-bond acceptors (Lipinski definition) is 4. The van der Waals surface area contributed by atoms with Gasteiger partial charge in [0.25, 0.3) is 0 Å². The van der Waals surface area contributed by atoms with Crippen molar-refractivity contribution in [2.75, 3.05) is 18.1 Å². The summed E-state index contributed by atoms with van der Waals surface area (Å²) in [6.07, 6.45) is -0.476. The fraction of sp³-hybridized carbons (Fsp3) is 0.600. The summed E-state index contributed by atoms with van der Waals surface area (Å²) in [6.45, 7) is 2.81. The summed E-state index contributed by atoms with van der Waals surface area (Å²) in [5, 5.41) is 12.0. The third-order valence-electron chi connectivity index (χ3n) is 2.29. The molecule has 2 unspecified atom stereocenters. The van der Waals surface area contributed by atoms with E-state index >= 15 is 0 Å². The Morgan fingerprint density at radius 3 is 3.07 bits per heavy atom. The zero-order valence-corrected chi connectivity index (χ0v) is 9.74. The molecule has 1 fully saturated rings. The lowest BCUT2D eigenvalue weighted by atomic mass is 10.1. The van der Waals surface area contributed by atoms with Crippen molar-refractivity contribution in [2.24, 2.45) is 0 Å². The average Bonchev–Trinajstić information content (AvgIpc) is 2.65. The summed E-state index contributed by atoms with van der Waals surface area (Å²) in [5.41, 5.74) is 1.00. The SMILES string of the molecule is Cc1cc(C(O)C2CSCCO2)cs1. The highest BCUT2D eigenvalue weighted by molar-refractivity contribution is 7.99. The van der Waals surface area contributed by atoms with Gasteiger partial charge in [-0.25, -0.2) is 0 Å². The van der Waals surface area contributed by atoms with Gasteiger partial charge in [0.15, 0.2) is 0 Å². The normalized spacial score (nSPS) is 24.9. The van der Waals surface area contributed by atoms with Crippen LogP contribution in [0.15, 0.2) is 11.4 Å². The van der Waals surface area contributed by atoms with E-state index in [1.165, 1.54) is 4.88 Å². The van der Waals surface area contributed by atoms with Crippen molar-refractivity contribution in [2.45, 2.75) is 19.1 Å². The summed E-state index contributed by atoms with van der Waals surface area (Å²) in [6, 6.07) is 2.04. The predicted molar refractivity (Wildman–Crippen MR) is 61.1 cm³/mol. The van der Waals surface area contributed by atoms with Crippen LogP contribution in [-0.2, 0) is 4.74 Å². The average molecular weight is 230 g/mol. The Hall–Kier alpha value is -0.0300. The molecule has 2 heterocycles. The summed E-state index contributed by atoms with van der Waals surface area (Å²) in [7, 11) is 0. The van der Waals surface area contributed by atoms with Gasteiger partial charge in [-0.05, 0) is 23.9 Å². The van der Waals surface area contributed by atoms with Crippen molar-refractivity contribution in [3.8, 4) is 0 Å². The zero-order chi connectivity index (χ0) is 9.97. The molecule has 14 heavy (non-hydrogen) atoms. The van der Waals surface area contributed by atoms with Gasteiger partial charge < -0.3 is 9.84 Å². The van der Waals surface area contributed by atoms with Crippen LogP contribution in [0.2, 0.25) is 0 Å². The lowest BCUT2D eigenvalue weighted by molar-refractivity contribution is -0.0225. The number of aliphatic hydroxyl groups is 1. The standard InChI is InChI=1S/C10H14O2S2/c1-7-4-8(5-14-7)10(11)9-6-13-3-2-12-9/h4-5,9-11H,2-3,6H2,1H3. The molecule has 2 atom stereocenters. The number of rotatable bonds is 2. The second-order valence-corrected chi connectivity index (χ2v) is 5.68. The molecule has 0 bridgehead atoms. The topological polar surface area (TPSA) is 29.5 Å². The molecule has 1 aliphatic heterocycles. The molecule has 2 nitrogen and oxygen atoms in total. The number of aryl methyl sites for hydroxylation is 1. The summed E-state index contributed by atoms with van der Waals surface area (Å²) < 4.78 is 5.54. The molecule has 1 N–H and O–H groups in total. The molecule has 2 rings (SSSR count). The van der Waals surface area contributed by atoms with E-state index in [4.69, 9.17) is 4.74 Å². The first kappa shape index (κ1) is 10.5. The van der Waals surface area contributed by atoms with Gasteiger partial charge in [0.2, 0.25) is 0 Å². The molecule has 0 aliphatic carbocycles. The summed E-state index contributed by atoms with van der Waals surface area (Å²) in [5.74, 6) is 1.95. The third kappa shape index (κ3) is 2.31. The highest BCUT2D eigenvalue weighted by atomic mass is 32.2. The molecule has 0 aromatic carbocycles. The minimum Gasteiger partial charge on any atom is -0.386 e. The van der Waals surface area contributed by atoms with Crippen molar-refractivity contribution in [3.63, 3.8) is 0 Å². The number of aliphatic hydroxyl groups excluding tert-OH is 1. The van der Waals surface area contributed by atoms with Gasteiger partial charge in [-0.1, -0.05) is 0 Å². The quantitative estimate of drug-likeness (QED) is 0.845. The molecular formula is C10H14O2S2. The first-order valence-electron chi connectivity index (χ1n) is 4.70. The van der Waals surface area contributed by atoms with E-state index in [0.717, 1.165) is 23.7 Å². The Balaban J connectivity index is 2.03. The van der Waals surface area contributed by atoms with E-state index in [9.17, 15) is 5.11 Å². The van der Waals surface area contributed by atoms with Crippen molar-refractivity contribution in [1.82, 2.24) is 0 Å². The molecule has 0 spiro atoms. The minimum atomic E-state index is -0.451. The van der Waals surface area contributed by atoms with E-state index in [1.807, 2.05) is 23.2 Å². The minimum absolute atomic E-state index is 0.0252. The lowest BCUT2D eigenvalue weighted by Gasteiger charge is -2.26. The van der Waals surface area contributed by atoms with Crippen LogP contribution in [0, 0.1) is 6.92 Å². The van der Waals surface area contributed by atoms with Crippen LogP contribution >= 0.6 is 23.1 Å². The smallest absolute Gasteiger partial charge is 0.107 e. The van der Waals surface area contributed by atoms with E-state index in [0.29, 0.717) is 0 Å². The highest BCUT2D eigenvalue weighted by Gasteiger charge is 2.24. The Labute approximate surface area is 92.3 Å². The van der Waals surface area contributed by atoms with E-state index in [1.54, 1.807) is 11.3 Å². The number of hydrogen-bond donors (Lipinski definition) is 1. The monoisotopic (exact) mass is 230 g/mol. The van der Waals surface area contributed by atoms with E-state index in [-0.39, 0.29) is 6.10 Å². The molecule has 1 aliphatic rings. The maximum absolute atomic E-state index is 10.0. The summed E-state index contributed by atoms with van der Waals surface area (Å²) >= 11 is 3.53. The van der Waals surface area contributed by atoms with Crippen molar-refractivity contribution in [1.29, 1.82) is 0 Å².